The number of aromatic nitrogens is 5. The molecule has 0 bridgehead atoms. The maximum Gasteiger partial charge on any atom is 0.256 e. The van der Waals surface area contributed by atoms with Crippen LogP contribution in [0.1, 0.15) is 12.0 Å². The Kier molecular flexibility index (Phi) is 5.33. The highest BCUT2D eigenvalue weighted by atomic mass is 79.9. The van der Waals surface area contributed by atoms with E-state index in [4.69, 9.17) is 4.42 Å². The van der Waals surface area contributed by atoms with Crippen LogP contribution < -0.4 is 10.2 Å². The molecule has 30 heavy (non-hydrogen) atoms. The van der Waals surface area contributed by atoms with Crippen molar-refractivity contribution in [2.45, 2.75) is 13.0 Å². The number of nitrogens with zero attached hydrogens (tertiary/aromatic N) is 7. The Morgan fingerprint density at radius 1 is 0.933 bits per heavy atom. The molecule has 1 N–H and O–H groups in total. The average molecular weight is 469 g/mol. The van der Waals surface area contributed by atoms with Crippen molar-refractivity contribution in [2.24, 2.45) is 0 Å². The second-order valence-corrected chi connectivity index (χ2v) is 8.09. The van der Waals surface area contributed by atoms with Gasteiger partial charge in [0.15, 0.2) is 5.88 Å². The lowest BCUT2D eigenvalue weighted by atomic mass is 10.2. The molecule has 0 radical (unpaired) electrons. The lowest BCUT2D eigenvalue weighted by molar-refractivity contribution is 0.285. The molecule has 1 aliphatic heterocycles. The van der Waals surface area contributed by atoms with Gasteiger partial charge in [0.2, 0.25) is 11.8 Å². The molecule has 0 unspecified atom stereocenters. The van der Waals surface area contributed by atoms with Gasteiger partial charge in [-0.05, 0) is 24.1 Å². The molecule has 1 aliphatic rings. The van der Waals surface area contributed by atoms with Crippen molar-refractivity contribution in [3.63, 3.8) is 0 Å². The number of furan rings is 1. The molecule has 3 aromatic heterocycles. The number of anilines is 3. The Bertz CT molecular complexity index is 1130. The van der Waals surface area contributed by atoms with Gasteiger partial charge in [-0.2, -0.15) is 19.6 Å². The third-order valence-corrected chi connectivity index (χ3v) is 5.66. The van der Waals surface area contributed by atoms with Crippen molar-refractivity contribution < 1.29 is 4.42 Å². The predicted molar refractivity (Wildman–Crippen MR) is 117 cm³/mol. The summed E-state index contributed by atoms with van der Waals surface area (Å²) < 4.78 is 8.69. The molecule has 0 spiro atoms. The Morgan fingerprint density at radius 3 is 2.70 bits per heavy atom. The zero-order chi connectivity index (χ0) is 20.3. The largest absolute Gasteiger partial charge is 0.425 e. The second-order valence-electron chi connectivity index (χ2n) is 7.18. The lowest BCUT2D eigenvalue weighted by Crippen LogP contribution is -2.30. The Morgan fingerprint density at radius 2 is 1.80 bits per heavy atom. The number of benzene rings is 1. The van der Waals surface area contributed by atoms with E-state index in [2.05, 4.69) is 75.4 Å². The number of fused-ring (bicyclic) bond motifs is 1. The normalized spacial score (nSPS) is 15.4. The Hall–Kier alpha value is -2.98. The van der Waals surface area contributed by atoms with E-state index in [0.29, 0.717) is 17.6 Å². The van der Waals surface area contributed by atoms with Crippen LogP contribution in [-0.4, -0.2) is 55.6 Å². The second kappa shape index (κ2) is 8.41. The third-order valence-electron chi connectivity index (χ3n) is 5.13. The standard InChI is InChI=1S/C20H21BrN8O/c21-16-4-2-15(3-5-16)12-27-8-1-9-28(11-10-27)18-7-6-17(30-18)26-20-23-13-22-19-24-14-25-29(19)20/h2-7,13-14H,1,8-12H2,(H,22,23,24,25,26). The summed E-state index contributed by atoms with van der Waals surface area (Å²) in [5, 5.41) is 7.29. The van der Waals surface area contributed by atoms with Crippen molar-refractivity contribution in [1.82, 2.24) is 29.5 Å². The van der Waals surface area contributed by atoms with Crippen LogP contribution in [0.3, 0.4) is 0 Å². The molecule has 4 aromatic rings. The van der Waals surface area contributed by atoms with Gasteiger partial charge in [-0.25, -0.2) is 4.98 Å². The number of hydrogen-bond donors (Lipinski definition) is 1. The smallest absolute Gasteiger partial charge is 0.256 e. The molecule has 1 aromatic carbocycles. The number of hydrogen-bond acceptors (Lipinski definition) is 8. The molecule has 0 saturated carbocycles. The fourth-order valence-corrected chi connectivity index (χ4v) is 3.88. The van der Waals surface area contributed by atoms with E-state index in [1.165, 1.54) is 22.7 Å². The molecule has 154 valence electrons. The van der Waals surface area contributed by atoms with E-state index >= 15 is 0 Å². The molecule has 0 amide bonds. The Balaban J connectivity index is 1.23. The summed E-state index contributed by atoms with van der Waals surface area (Å²) in [5.74, 6) is 2.45. The first-order valence-electron chi connectivity index (χ1n) is 9.84. The van der Waals surface area contributed by atoms with Crippen molar-refractivity contribution in [3.05, 3.63) is 59.1 Å². The molecule has 10 heteroatoms. The van der Waals surface area contributed by atoms with Crippen LogP contribution in [0.15, 0.2) is 57.9 Å². The first-order valence-corrected chi connectivity index (χ1v) is 10.6. The van der Waals surface area contributed by atoms with E-state index in [0.717, 1.165) is 49.5 Å². The maximum absolute atomic E-state index is 6.04. The van der Waals surface area contributed by atoms with Crippen LogP contribution in [0.4, 0.5) is 17.7 Å². The highest BCUT2D eigenvalue weighted by Gasteiger charge is 2.18. The topological polar surface area (TPSA) is 87.6 Å². The summed E-state index contributed by atoms with van der Waals surface area (Å²) in [6.45, 7) is 4.91. The van der Waals surface area contributed by atoms with Crippen LogP contribution in [0.25, 0.3) is 5.78 Å². The van der Waals surface area contributed by atoms with E-state index in [1.807, 2.05) is 12.1 Å². The molecule has 0 atom stereocenters. The minimum atomic E-state index is 0.484. The zero-order valence-corrected chi connectivity index (χ0v) is 17.9. The van der Waals surface area contributed by atoms with Gasteiger partial charge >= 0.3 is 0 Å². The van der Waals surface area contributed by atoms with Crippen LogP contribution in [-0.2, 0) is 6.54 Å². The maximum atomic E-state index is 6.04. The Labute approximate surface area is 181 Å². The fourth-order valence-electron chi connectivity index (χ4n) is 3.62. The van der Waals surface area contributed by atoms with Gasteiger partial charge < -0.3 is 9.32 Å². The zero-order valence-electron chi connectivity index (χ0n) is 16.3. The first kappa shape index (κ1) is 19.0. The summed E-state index contributed by atoms with van der Waals surface area (Å²) in [4.78, 5) is 17.1. The van der Waals surface area contributed by atoms with Gasteiger partial charge in [-0.1, -0.05) is 28.1 Å². The molecule has 4 heterocycles. The summed E-state index contributed by atoms with van der Waals surface area (Å²) in [5.41, 5.74) is 1.33. The van der Waals surface area contributed by atoms with Gasteiger partial charge in [-0.15, -0.1) is 0 Å². The van der Waals surface area contributed by atoms with Crippen molar-refractivity contribution >= 4 is 39.4 Å². The summed E-state index contributed by atoms with van der Waals surface area (Å²) in [6.07, 6.45) is 3.98. The monoisotopic (exact) mass is 468 g/mol. The van der Waals surface area contributed by atoms with Crippen molar-refractivity contribution in [1.29, 1.82) is 0 Å². The van der Waals surface area contributed by atoms with Crippen LogP contribution in [0.5, 0.6) is 0 Å². The molecular weight excluding hydrogens is 448 g/mol. The number of nitrogens with one attached hydrogen (secondary N) is 1. The highest BCUT2D eigenvalue weighted by Crippen LogP contribution is 2.25. The number of halogens is 1. The van der Waals surface area contributed by atoms with E-state index < -0.39 is 0 Å². The highest BCUT2D eigenvalue weighted by molar-refractivity contribution is 9.10. The fraction of sp³-hybridized carbons (Fsp3) is 0.300. The summed E-state index contributed by atoms with van der Waals surface area (Å²) in [7, 11) is 0. The van der Waals surface area contributed by atoms with Crippen LogP contribution >= 0.6 is 15.9 Å². The first-order chi connectivity index (χ1) is 14.7. The van der Waals surface area contributed by atoms with Gasteiger partial charge in [0.1, 0.15) is 12.7 Å². The van der Waals surface area contributed by atoms with Crippen LogP contribution in [0, 0.1) is 0 Å². The molecule has 5 rings (SSSR count). The minimum Gasteiger partial charge on any atom is -0.425 e. The summed E-state index contributed by atoms with van der Waals surface area (Å²) >= 11 is 3.50. The van der Waals surface area contributed by atoms with Gasteiger partial charge in [0.25, 0.3) is 5.78 Å². The van der Waals surface area contributed by atoms with Gasteiger partial charge in [-0.3, -0.25) is 10.2 Å². The van der Waals surface area contributed by atoms with Crippen molar-refractivity contribution in [3.8, 4) is 0 Å². The minimum absolute atomic E-state index is 0.484. The van der Waals surface area contributed by atoms with E-state index in [9.17, 15) is 0 Å². The third kappa shape index (κ3) is 4.14. The average Bonchev–Trinajstić information content (AvgIpc) is 3.36. The molecular formula is C20H21BrN8O. The molecule has 0 aliphatic carbocycles. The van der Waals surface area contributed by atoms with E-state index in [-0.39, 0.29) is 0 Å². The quantitative estimate of drug-likeness (QED) is 0.477. The molecule has 1 saturated heterocycles. The van der Waals surface area contributed by atoms with Gasteiger partial charge in [0, 0.05) is 49.3 Å². The van der Waals surface area contributed by atoms with E-state index in [1.54, 1.807) is 0 Å². The lowest BCUT2D eigenvalue weighted by Gasteiger charge is -2.21. The SMILES string of the molecule is Brc1ccc(CN2CCCN(c3ccc(Nc4ncnc5ncnn45)o3)CC2)cc1. The number of rotatable bonds is 5. The van der Waals surface area contributed by atoms with Gasteiger partial charge in [0.05, 0.1) is 0 Å². The predicted octanol–water partition coefficient (Wildman–Crippen LogP) is 3.33. The molecule has 1 fully saturated rings. The van der Waals surface area contributed by atoms with Crippen LogP contribution in [0.2, 0.25) is 0 Å². The summed E-state index contributed by atoms with van der Waals surface area (Å²) in [6, 6.07) is 12.5. The molecule has 9 nitrogen and oxygen atoms in total. The van der Waals surface area contributed by atoms with Crippen molar-refractivity contribution in [2.75, 3.05) is 36.4 Å².